The summed E-state index contributed by atoms with van der Waals surface area (Å²) in [5.41, 5.74) is 0.778. The molecule has 0 heterocycles. The zero-order valence-corrected chi connectivity index (χ0v) is 11.9. The van der Waals surface area contributed by atoms with Gasteiger partial charge in [-0.2, -0.15) is 0 Å². The van der Waals surface area contributed by atoms with Crippen LogP contribution in [-0.4, -0.2) is 10.2 Å². The number of alkyl halides is 1. The number of rotatable bonds is 7. The highest BCUT2D eigenvalue weighted by molar-refractivity contribution is 9.09. The number of phenolic OH excluding ortho intramolecular Hbond substituents is 2. The van der Waals surface area contributed by atoms with Crippen LogP contribution >= 0.6 is 15.9 Å². The summed E-state index contributed by atoms with van der Waals surface area (Å²) in [6.07, 6.45) is 7.19. The van der Waals surface area contributed by atoms with Crippen molar-refractivity contribution in [1.82, 2.24) is 0 Å². The van der Waals surface area contributed by atoms with Crippen molar-refractivity contribution in [3.05, 3.63) is 23.8 Å². The van der Waals surface area contributed by atoms with E-state index in [1.165, 1.54) is 31.7 Å². The normalized spacial score (nSPS) is 12.6. The van der Waals surface area contributed by atoms with Crippen molar-refractivity contribution in [2.24, 2.45) is 0 Å². The molecule has 0 aliphatic carbocycles. The molecule has 1 rings (SSSR count). The van der Waals surface area contributed by atoms with E-state index < -0.39 is 0 Å². The Morgan fingerprint density at radius 2 is 1.82 bits per heavy atom. The smallest absolute Gasteiger partial charge is 0.161 e. The van der Waals surface area contributed by atoms with E-state index in [0.717, 1.165) is 18.4 Å². The van der Waals surface area contributed by atoms with Gasteiger partial charge in [0, 0.05) is 10.4 Å². The standard InChI is InChI=1S/C14H21BrO2/c1-2-3-4-5-6-9-12(15)11-8-7-10-13(16)14(11)17/h7-8,10,12,16-17H,2-6,9H2,1H3. The van der Waals surface area contributed by atoms with Crippen LogP contribution in [0.3, 0.4) is 0 Å². The Morgan fingerprint density at radius 1 is 1.12 bits per heavy atom. The van der Waals surface area contributed by atoms with Crippen molar-refractivity contribution in [3.63, 3.8) is 0 Å². The van der Waals surface area contributed by atoms with E-state index in [-0.39, 0.29) is 16.3 Å². The molecule has 0 aromatic heterocycles. The topological polar surface area (TPSA) is 40.5 Å². The lowest BCUT2D eigenvalue weighted by atomic mass is 10.0. The Bertz CT molecular complexity index is 339. The first-order valence-corrected chi connectivity index (χ1v) is 7.23. The zero-order valence-electron chi connectivity index (χ0n) is 10.3. The molecule has 1 aromatic carbocycles. The highest BCUT2D eigenvalue weighted by atomic mass is 79.9. The van der Waals surface area contributed by atoms with Gasteiger partial charge in [0.05, 0.1) is 0 Å². The van der Waals surface area contributed by atoms with Crippen molar-refractivity contribution in [3.8, 4) is 11.5 Å². The number of halogens is 1. The Balaban J connectivity index is 2.41. The molecule has 96 valence electrons. The van der Waals surface area contributed by atoms with E-state index in [0.29, 0.717) is 0 Å². The summed E-state index contributed by atoms with van der Waals surface area (Å²) >= 11 is 3.57. The Kier molecular flexibility index (Phi) is 6.41. The van der Waals surface area contributed by atoms with Crippen LogP contribution in [0.5, 0.6) is 11.5 Å². The zero-order chi connectivity index (χ0) is 12.7. The van der Waals surface area contributed by atoms with E-state index in [4.69, 9.17) is 0 Å². The maximum atomic E-state index is 9.73. The number of para-hydroxylation sites is 1. The first-order valence-electron chi connectivity index (χ1n) is 6.31. The van der Waals surface area contributed by atoms with Gasteiger partial charge in [-0.05, 0) is 12.5 Å². The molecular weight excluding hydrogens is 280 g/mol. The van der Waals surface area contributed by atoms with Gasteiger partial charge in [0.1, 0.15) is 0 Å². The van der Waals surface area contributed by atoms with E-state index in [1.54, 1.807) is 6.07 Å². The summed E-state index contributed by atoms with van der Waals surface area (Å²) in [6.45, 7) is 2.21. The highest BCUT2D eigenvalue weighted by Crippen LogP contribution is 2.38. The summed E-state index contributed by atoms with van der Waals surface area (Å²) in [7, 11) is 0. The quantitative estimate of drug-likeness (QED) is 0.427. The molecule has 0 saturated carbocycles. The Labute approximate surface area is 112 Å². The van der Waals surface area contributed by atoms with Crippen LogP contribution in [0, 0.1) is 0 Å². The summed E-state index contributed by atoms with van der Waals surface area (Å²) in [5, 5.41) is 19.1. The minimum absolute atomic E-state index is 0.00272. The van der Waals surface area contributed by atoms with Crippen LogP contribution in [0.15, 0.2) is 18.2 Å². The van der Waals surface area contributed by atoms with Crippen molar-refractivity contribution < 1.29 is 10.2 Å². The van der Waals surface area contributed by atoms with Gasteiger partial charge in [0.2, 0.25) is 0 Å². The molecule has 0 spiro atoms. The molecule has 0 fully saturated rings. The molecule has 0 saturated heterocycles. The van der Waals surface area contributed by atoms with E-state index in [2.05, 4.69) is 22.9 Å². The van der Waals surface area contributed by atoms with Crippen molar-refractivity contribution in [2.75, 3.05) is 0 Å². The maximum Gasteiger partial charge on any atom is 0.161 e. The number of aromatic hydroxyl groups is 2. The van der Waals surface area contributed by atoms with E-state index >= 15 is 0 Å². The molecule has 0 aliphatic heterocycles. The lowest BCUT2D eigenvalue weighted by Gasteiger charge is -2.12. The monoisotopic (exact) mass is 300 g/mol. The maximum absolute atomic E-state index is 9.73. The summed E-state index contributed by atoms with van der Waals surface area (Å²) < 4.78 is 0. The fourth-order valence-corrected chi connectivity index (χ4v) is 2.58. The first-order chi connectivity index (χ1) is 8.16. The van der Waals surface area contributed by atoms with Crippen LogP contribution in [0.2, 0.25) is 0 Å². The highest BCUT2D eigenvalue weighted by Gasteiger charge is 2.13. The minimum Gasteiger partial charge on any atom is -0.504 e. The Morgan fingerprint density at radius 3 is 2.53 bits per heavy atom. The average Bonchev–Trinajstić information content (AvgIpc) is 2.32. The third kappa shape index (κ3) is 4.58. The van der Waals surface area contributed by atoms with Gasteiger partial charge < -0.3 is 10.2 Å². The van der Waals surface area contributed by atoms with Crippen LogP contribution in [0.1, 0.15) is 55.8 Å². The van der Waals surface area contributed by atoms with Gasteiger partial charge in [-0.3, -0.25) is 0 Å². The third-order valence-electron chi connectivity index (χ3n) is 2.94. The van der Waals surface area contributed by atoms with Crippen molar-refractivity contribution >= 4 is 15.9 Å². The van der Waals surface area contributed by atoms with Crippen LogP contribution < -0.4 is 0 Å². The van der Waals surface area contributed by atoms with Crippen LogP contribution in [0.4, 0.5) is 0 Å². The lowest BCUT2D eigenvalue weighted by Crippen LogP contribution is -1.91. The third-order valence-corrected chi connectivity index (χ3v) is 3.90. The number of unbranched alkanes of at least 4 members (excludes halogenated alkanes) is 4. The van der Waals surface area contributed by atoms with E-state index in [9.17, 15) is 10.2 Å². The van der Waals surface area contributed by atoms with Crippen LogP contribution in [-0.2, 0) is 0 Å². The first kappa shape index (κ1) is 14.4. The fourth-order valence-electron chi connectivity index (χ4n) is 1.88. The molecule has 1 atom stereocenters. The Hall–Kier alpha value is -0.700. The second-order valence-electron chi connectivity index (χ2n) is 4.39. The molecule has 2 nitrogen and oxygen atoms in total. The molecule has 1 aromatic rings. The summed E-state index contributed by atoms with van der Waals surface area (Å²) in [6, 6.07) is 5.11. The van der Waals surface area contributed by atoms with Crippen molar-refractivity contribution in [2.45, 2.75) is 50.3 Å². The second-order valence-corrected chi connectivity index (χ2v) is 5.49. The minimum atomic E-state index is -0.0436. The lowest BCUT2D eigenvalue weighted by molar-refractivity contribution is 0.398. The summed E-state index contributed by atoms with van der Waals surface area (Å²) in [5.74, 6) is -0.0409. The predicted octanol–water partition coefficient (Wildman–Crippen LogP) is 4.89. The number of benzene rings is 1. The average molecular weight is 301 g/mol. The predicted molar refractivity (Wildman–Crippen MR) is 74.8 cm³/mol. The van der Waals surface area contributed by atoms with E-state index in [1.807, 2.05) is 6.07 Å². The fraction of sp³-hybridized carbons (Fsp3) is 0.571. The number of hydrogen-bond acceptors (Lipinski definition) is 2. The number of phenols is 2. The van der Waals surface area contributed by atoms with Crippen molar-refractivity contribution in [1.29, 1.82) is 0 Å². The molecule has 2 N–H and O–H groups in total. The van der Waals surface area contributed by atoms with Gasteiger partial charge in [0.15, 0.2) is 11.5 Å². The van der Waals surface area contributed by atoms with Gasteiger partial charge in [-0.25, -0.2) is 0 Å². The van der Waals surface area contributed by atoms with Crippen LogP contribution in [0.25, 0.3) is 0 Å². The van der Waals surface area contributed by atoms with Gasteiger partial charge in [-0.15, -0.1) is 0 Å². The molecular formula is C14H21BrO2. The van der Waals surface area contributed by atoms with Gasteiger partial charge in [-0.1, -0.05) is 67.1 Å². The largest absolute Gasteiger partial charge is 0.504 e. The van der Waals surface area contributed by atoms with Gasteiger partial charge >= 0.3 is 0 Å². The SMILES string of the molecule is CCCCCCCC(Br)c1cccc(O)c1O. The molecule has 0 radical (unpaired) electrons. The van der Waals surface area contributed by atoms with Gasteiger partial charge in [0.25, 0.3) is 0 Å². The molecule has 1 unspecified atom stereocenters. The number of hydrogen-bond donors (Lipinski definition) is 2. The summed E-state index contributed by atoms with van der Waals surface area (Å²) in [4.78, 5) is 0.122. The molecule has 0 aliphatic rings. The second kappa shape index (κ2) is 7.59. The molecule has 0 bridgehead atoms. The molecule has 3 heteroatoms. The molecule has 0 amide bonds. The molecule has 17 heavy (non-hydrogen) atoms.